The molecule has 0 spiro atoms. The van der Waals surface area contributed by atoms with Crippen LogP contribution in [0.3, 0.4) is 0 Å². The Morgan fingerprint density at radius 1 is 1.53 bits per heavy atom. The molecule has 0 aliphatic rings. The fourth-order valence-corrected chi connectivity index (χ4v) is 1.37. The maximum Gasteiger partial charge on any atom is 0.322 e. The van der Waals surface area contributed by atoms with E-state index in [2.05, 4.69) is 24.3 Å². The van der Waals surface area contributed by atoms with Crippen molar-refractivity contribution in [2.45, 2.75) is 46.3 Å². The molecular weight excluding hydrogens is 218 g/mol. The first kappa shape index (κ1) is 13.7. The van der Waals surface area contributed by atoms with Crippen molar-refractivity contribution < 1.29 is 9.53 Å². The van der Waals surface area contributed by atoms with Crippen LogP contribution in [-0.2, 0) is 16.1 Å². The summed E-state index contributed by atoms with van der Waals surface area (Å²) in [6.07, 6.45) is 1.94. The third-order valence-electron chi connectivity index (χ3n) is 2.42. The van der Waals surface area contributed by atoms with Crippen LogP contribution < -0.4 is 5.32 Å². The Bertz CT molecular complexity index is 360. The van der Waals surface area contributed by atoms with Gasteiger partial charge in [0.05, 0.1) is 12.3 Å². The third-order valence-corrected chi connectivity index (χ3v) is 2.42. The molecule has 1 rings (SSSR count). The summed E-state index contributed by atoms with van der Waals surface area (Å²) in [7, 11) is 0. The molecule has 0 fully saturated rings. The van der Waals surface area contributed by atoms with Crippen LogP contribution in [0.25, 0.3) is 0 Å². The summed E-state index contributed by atoms with van der Waals surface area (Å²) in [5, 5.41) is 7.47. The molecule has 1 aromatic heterocycles. The summed E-state index contributed by atoms with van der Waals surface area (Å²) in [5.41, 5.74) is 0.926. The number of esters is 1. The highest BCUT2D eigenvalue weighted by atomic mass is 16.5. The predicted octanol–water partition coefficient (Wildman–Crippen LogP) is 1.51. The van der Waals surface area contributed by atoms with E-state index in [1.54, 1.807) is 13.8 Å². The lowest BCUT2D eigenvalue weighted by Gasteiger charge is -2.11. The van der Waals surface area contributed by atoms with E-state index >= 15 is 0 Å². The largest absolute Gasteiger partial charge is 0.465 e. The van der Waals surface area contributed by atoms with Crippen LogP contribution in [0.5, 0.6) is 0 Å². The van der Waals surface area contributed by atoms with Crippen LogP contribution in [0.1, 0.15) is 39.4 Å². The predicted molar refractivity (Wildman–Crippen MR) is 65.5 cm³/mol. The van der Waals surface area contributed by atoms with Gasteiger partial charge in [-0.25, -0.2) is 0 Å². The van der Waals surface area contributed by atoms with Crippen molar-refractivity contribution in [3.05, 3.63) is 18.0 Å². The molecule has 0 saturated heterocycles. The first-order valence-corrected chi connectivity index (χ1v) is 5.98. The number of carbonyl (C=O) groups is 1. The molecule has 5 nitrogen and oxygen atoms in total. The fraction of sp³-hybridized carbons (Fsp3) is 0.667. The van der Waals surface area contributed by atoms with Gasteiger partial charge in [-0.1, -0.05) is 0 Å². The number of hydrogen-bond acceptors (Lipinski definition) is 4. The van der Waals surface area contributed by atoms with Gasteiger partial charge in [-0.05, 0) is 33.8 Å². The molecule has 0 aromatic carbocycles. The van der Waals surface area contributed by atoms with Crippen molar-refractivity contribution in [1.82, 2.24) is 15.1 Å². The molecule has 0 aliphatic carbocycles. The smallest absolute Gasteiger partial charge is 0.322 e. The topological polar surface area (TPSA) is 56.1 Å². The number of rotatable bonds is 6. The Hall–Kier alpha value is -1.36. The van der Waals surface area contributed by atoms with Crippen LogP contribution in [-0.4, -0.2) is 28.4 Å². The average Bonchev–Trinajstić information content (AvgIpc) is 2.75. The fourth-order valence-electron chi connectivity index (χ4n) is 1.37. The van der Waals surface area contributed by atoms with Gasteiger partial charge in [0.15, 0.2) is 0 Å². The van der Waals surface area contributed by atoms with Crippen LogP contribution in [0.4, 0.5) is 0 Å². The van der Waals surface area contributed by atoms with E-state index in [4.69, 9.17) is 4.74 Å². The zero-order valence-corrected chi connectivity index (χ0v) is 10.9. The second kappa shape index (κ2) is 6.39. The van der Waals surface area contributed by atoms with Gasteiger partial charge >= 0.3 is 5.97 Å². The van der Waals surface area contributed by atoms with E-state index in [-0.39, 0.29) is 12.0 Å². The summed E-state index contributed by atoms with van der Waals surface area (Å²) in [4.78, 5) is 11.4. The summed E-state index contributed by atoms with van der Waals surface area (Å²) >= 11 is 0. The molecular formula is C12H21N3O2. The van der Waals surface area contributed by atoms with Gasteiger partial charge in [-0.15, -0.1) is 0 Å². The maximum atomic E-state index is 11.4. The van der Waals surface area contributed by atoms with Crippen molar-refractivity contribution in [2.24, 2.45) is 0 Å². The number of aromatic nitrogens is 2. The standard InChI is InChI=1S/C12H21N3O2/c1-5-17-12(16)10(4)13-8-11-6-7-15(14-11)9(2)3/h6-7,9-10,13H,5,8H2,1-4H3. The third kappa shape index (κ3) is 4.19. The Morgan fingerprint density at radius 3 is 2.76 bits per heavy atom. The summed E-state index contributed by atoms with van der Waals surface area (Å²) in [5.74, 6) is -0.226. The molecule has 96 valence electrons. The van der Waals surface area contributed by atoms with Gasteiger partial charge in [-0.2, -0.15) is 5.10 Å². The van der Waals surface area contributed by atoms with Crippen molar-refractivity contribution in [1.29, 1.82) is 0 Å². The second-order valence-electron chi connectivity index (χ2n) is 4.24. The summed E-state index contributed by atoms with van der Waals surface area (Å²) in [6, 6.07) is 2.00. The lowest BCUT2D eigenvalue weighted by atomic mass is 10.3. The van der Waals surface area contributed by atoms with Crippen molar-refractivity contribution >= 4 is 5.97 Å². The maximum absolute atomic E-state index is 11.4. The van der Waals surface area contributed by atoms with Gasteiger partial charge in [0, 0.05) is 18.8 Å². The second-order valence-corrected chi connectivity index (χ2v) is 4.24. The average molecular weight is 239 g/mol. The molecule has 1 heterocycles. The van der Waals surface area contributed by atoms with Crippen LogP contribution in [0, 0.1) is 0 Å². The SMILES string of the molecule is CCOC(=O)C(C)NCc1ccn(C(C)C)n1. The number of carbonyl (C=O) groups excluding carboxylic acids is 1. The highest BCUT2D eigenvalue weighted by Gasteiger charge is 2.13. The summed E-state index contributed by atoms with van der Waals surface area (Å²) in [6.45, 7) is 8.72. The van der Waals surface area contributed by atoms with Gasteiger partial charge in [0.25, 0.3) is 0 Å². The van der Waals surface area contributed by atoms with Crippen LogP contribution in [0.2, 0.25) is 0 Å². The molecule has 0 aliphatic heterocycles. The number of hydrogen-bond donors (Lipinski definition) is 1. The monoisotopic (exact) mass is 239 g/mol. The Labute approximate surface area is 102 Å². The minimum absolute atomic E-state index is 0.226. The molecule has 5 heteroatoms. The molecule has 0 radical (unpaired) electrons. The van der Waals surface area contributed by atoms with Crippen molar-refractivity contribution in [2.75, 3.05) is 6.61 Å². The van der Waals surface area contributed by atoms with E-state index in [1.807, 2.05) is 16.9 Å². The first-order chi connectivity index (χ1) is 8.04. The zero-order valence-electron chi connectivity index (χ0n) is 10.9. The minimum atomic E-state index is -0.306. The van der Waals surface area contributed by atoms with E-state index in [0.29, 0.717) is 19.2 Å². The molecule has 1 unspecified atom stereocenters. The van der Waals surface area contributed by atoms with E-state index < -0.39 is 0 Å². The molecule has 0 bridgehead atoms. The van der Waals surface area contributed by atoms with Gasteiger partial charge < -0.3 is 4.74 Å². The zero-order chi connectivity index (χ0) is 12.8. The highest BCUT2D eigenvalue weighted by molar-refractivity contribution is 5.75. The molecule has 1 atom stereocenters. The van der Waals surface area contributed by atoms with Crippen molar-refractivity contribution in [3.63, 3.8) is 0 Å². The molecule has 1 N–H and O–H groups in total. The van der Waals surface area contributed by atoms with Crippen molar-refractivity contribution in [3.8, 4) is 0 Å². The molecule has 17 heavy (non-hydrogen) atoms. The normalized spacial score (nSPS) is 12.8. The van der Waals surface area contributed by atoms with Gasteiger partial charge in [0.1, 0.15) is 6.04 Å². The number of nitrogens with one attached hydrogen (secondary N) is 1. The highest BCUT2D eigenvalue weighted by Crippen LogP contribution is 2.04. The van der Waals surface area contributed by atoms with E-state index in [9.17, 15) is 4.79 Å². The lowest BCUT2D eigenvalue weighted by Crippen LogP contribution is -2.35. The molecule has 0 amide bonds. The van der Waals surface area contributed by atoms with Gasteiger partial charge in [-0.3, -0.25) is 14.8 Å². The quantitative estimate of drug-likeness (QED) is 0.764. The minimum Gasteiger partial charge on any atom is -0.465 e. The van der Waals surface area contributed by atoms with Crippen LogP contribution in [0.15, 0.2) is 12.3 Å². The summed E-state index contributed by atoms with van der Waals surface area (Å²) < 4.78 is 6.80. The molecule has 0 saturated carbocycles. The van der Waals surface area contributed by atoms with E-state index in [0.717, 1.165) is 5.69 Å². The lowest BCUT2D eigenvalue weighted by molar-refractivity contribution is -0.145. The Balaban J connectivity index is 2.41. The van der Waals surface area contributed by atoms with Crippen LogP contribution >= 0.6 is 0 Å². The van der Waals surface area contributed by atoms with Gasteiger partial charge in [0.2, 0.25) is 0 Å². The molecule has 1 aromatic rings. The Kier molecular flexibility index (Phi) is 5.15. The number of nitrogens with zero attached hydrogens (tertiary/aromatic N) is 2. The first-order valence-electron chi connectivity index (χ1n) is 5.98. The van der Waals surface area contributed by atoms with E-state index in [1.165, 1.54) is 0 Å². The number of ether oxygens (including phenoxy) is 1. The Morgan fingerprint density at radius 2 is 2.24 bits per heavy atom.